The van der Waals surface area contributed by atoms with Gasteiger partial charge in [-0.3, -0.25) is 9.69 Å². The molecule has 0 aliphatic rings. The predicted molar refractivity (Wildman–Crippen MR) is 117 cm³/mol. The number of anilines is 1. The Morgan fingerprint density at radius 1 is 1.07 bits per heavy atom. The summed E-state index contributed by atoms with van der Waals surface area (Å²) < 4.78 is 5.94. The lowest BCUT2D eigenvalue weighted by atomic mass is 10.1. The van der Waals surface area contributed by atoms with E-state index in [2.05, 4.69) is 31.0 Å². The number of rotatable bonds is 14. The first kappa shape index (κ1) is 25.5. The molecule has 156 valence electrons. The summed E-state index contributed by atoms with van der Waals surface area (Å²) in [6, 6.07) is 5.63. The molecule has 0 aromatic heterocycles. The Balaban J connectivity index is 0.00000676. The molecule has 1 aromatic carbocycles. The van der Waals surface area contributed by atoms with E-state index in [-0.39, 0.29) is 18.3 Å². The van der Waals surface area contributed by atoms with Crippen LogP contribution in [0.3, 0.4) is 0 Å². The number of unbranched alkanes of at least 4 members (excludes halogenated alkanes) is 5. The predicted octanol–water partition coefficient (Wildman–Crippen LogP) is 4.39. The van der Waals surface area contributed by atoms with Gasteiger partial charge in [0.25, 0.3) is 0 Å². The fourth-order valence-corrected chi connectivity index (χ4v) is 2.84. The van der Waals surface area contributed by atoms with Crippen LogP contribution in [0.15, 0.2) is 18.2 Å². The Morgan fingerprint density at radius 2 is 1.74 bits per heavy atom. The van der Waals surface area contributed by atoms with Gasteiger partial charge in [-0.1, -0.05) is 52.9 Å². The van der Waals surface area contributed by atoms with Crippen molar-refractivity contribution < 1.29 is 9.53 Å². The molecule has 0 atom stereocenters. The second-order valence-electron chi connectivity index (χ2n) is 6.72. The first-order valence-electron chi connectivity index (χ1n) is 10.1. The zero-order chi connectivity index (χ0) is 19.2. The molecular weight excluding hydrogens is 362 g/mol. The van der Waals surface area contributed by atoms with Gasteiger partial charge in [0.05, 0.1) is 13.2 Å². The van der Waals surface area contributed by atoms with Crippen LogP contribution in [0.25, 0.3) is 0 Å². The van der Waals surface area contributed by atoms with Gasteiger partial charge >= 0.3 is 0 Å². The smallest absolute Gasteiger partial charge is 0.234 e. The molecule has 5 nitrogen and oxygen atoms in total. The third-order valence-corrected chi connectivity index (χ3v) is 4.58. The highest BCUT2D eigenvalue weighted by molar-refractivity contribution is 5.85. The van der Waals surface area contributed by atoms with Gasteiger partial charge in [-0.15, -0.1) is 12.4 Å². The molecule has 0 unspecified atom stereocenters. The van der Waals surface area contributed by atoms with Gasteiger partial charge < -0.3 is 15.8 Å². The van der Waals surface area contributed by atoms with Crippen molar-refractivity contribution >= 4 is 24.0 Å². The number of ether oxygens (including phenoxy) is 1. The molecule has 0 saturated heterocycles. The number of nitrogens with two attached hydrogens (primary N) is 1. The fourth-order valence-electron chi connectivity index (χ4n) is 2.84. The largest absolute Gasteiger partial charge is 0.493 e. The molecule has 0 heterocycles. The maximum atomic E-state index is 12.1. The van der Waals surface area contributed by atoms with Gasteiger partial charge in [-0.25, -0.2) is 0 Å². The Labute approximate surface area is 171 Å². The minimum atomic E-state index is 0. The summed E-state index contributed by atoms with van der Waals surface area (Å²) in [6.07, 6.45) is 7.42. The summed E-state index contributed by atoms with van der Waals surface area (Å²) in [7, 11) is 0. The van der Waals surface area contributed by atoms with Crippen LogP contribution < -0.4 is 15.8 Å². The number of hydrogen-bond acceptors (Lipinski definition) is 4. The van der Waals surface area contributed by atoms with Gasteiger partial charge in [0.1, 0.15) is 5.75 Å². The van der Waals surface area contributed by atoms with Crippen LogP contribution in [-0.2, 0) is 11.3 Å². The van der Waals surface area contributed by atoms with Crippen molar-refractivity contribution in [2.45, 2.75) is 65.8 Å². The van der Waals surface area contributed by atoms with Crippen LogP contribution >= 0.6 is 12.4 Å². The Hall–Kier alpha value is -1.46. The van der Waals surface area contributed by atoms with Crippen molar-refractivity contribution in [3.05, 3.63) is 23.8 Å². The summed E-state index contributed by atoms with van der Waals surface area (Å²) in [5, 5.41) is 2.97. The summed E-state index contributed by atoms with van der Waals surface area (Å²) in [5.41, 5.74) is 7.52. The van der Waals surface area contributed by atoms with Crippen LogP contribution in [-0.4, -0.2) is 37.0 Å². The zero-order valence-corrected chi connectivity index (χ0v) is 18.1. The summed E-state index contributed by atoms with van der Waals surface area (Å²) in [5.74, 6) is 0.842. The van der Waals surface area contributed by atoms with E-state index in [0.29, 0.717) is 25.4 Å². The molecule has 0 aliphatic heterocycles. The molecule has 0 bridgehead atoms. The number of halogens is 1. The second-order valence-corrected chi connectivity index (χ2v) is 6.72. The van der Waals surface area contributed by atoms with E-state index >= 15 is 0 Å². The number of likely N-dealkylation sites (N-methyl/N-ethyl adjacent to an activating group) is 1. The number of amides is 1. The van der Waals surface area contributed by atoms with Crippen molar-refractivity contribution in [1.82, 2.24) is 10.2 Å². The number of carbonyl (C=O) groups is 1. The number of nitrogen functional groups attached to an aromatic ring is 1. The van der Waals surface area contributed by atoms with Gasteiger partial charge in [0.2, 0.25) is 5.91 Å². The van der Waals surface area contributed by atoms with Crippen LogP contribution in [0.2, 0.25) is 0 Å². The van der Waals surface area contributed by atoms with E-state index in [9.17, 15) is 4.79 Å². The summed E-state index contributed by atoms with van der Waals surface area (Å²) in [4.78, 5) is 14.2. The molecule has 3 N–H and O–H groups in total. The van der Waals surface area contributed by atoms with Gasteiger partial charge in [-0.2, -0.15) is 0 Å². The Morgan fingerprint density at radius 3 is 2.41 bits per heavy atom. The fraction of sp³-hybridized carbons (Fsp3) is 0.667. The number of benzene rings is 1. The molecule has 0 spiro atoms. The molecular formula is C21H38ClN3O2. The lowest BCUT2D eigenvalue weighted by molar-refractivity contribution is -0.122. The molecule has 1 rings (SSSR count). The van der Waals surface area contributed by atoms with E-state index in [1.54, 1.807) is 0 Å². The van der Waals surface area contributed by atoms with Crippen LogP contribution in [0.1, 0.15) is 64.9 Å². The van der Waals surface area contributed by atoms with Gasteiger partial charge in [-0.05, 0) is 37.7 Å². The van der Waals surface area contributed by atoms with Crippen molar-refractivity contribution in [3.8, 4) is 5.75 Å². The highest BCUT2D eigenvalue weighted by atomic mass is 35.5. The molecule has 0 fully saturated rings. The number of nitrogens with one attached hydrogen (secondary N) is 1. The van der Waals surface area contributed by atoms with Crippen molar-refractivity contribution in [3.63, 3.8) is 0 Å². The highest BCUT2D eigenvalue weighted by Gasteiger charge is 2.09. The number of nitrogens with zero attached hydrogens (tertiary/aromatic N) is 1. The minimum absolute atomic E-state index is 0. The molecule has 27 heavy (non-hydrogen) atoms. The maximum absolute atomic E-state index is 12.1. The van der Waals surface area contributed by atoms with Crippen LogP contribution in [0, 0.1) is 0 Å². The first-order chi connectivity index (χ1) is 12.6. The SMILES string of the molecule is CCCCCCCCOc1ccc(N)cc1CNC(=O)CN(CC)CC.Cl. The van der Waals surface area contributed by atoms with Crippen LogP contribution in [0.4, 0.5) is 5.69 Å². The quantitative estimate of drug-likeness (QED) is 0.359. The summed E-state index contributed by atoms with van der Waals surface area (Å²) in [6.45, 7) is 9.65. The van der Waals surface area contributed by atoms with Crippen molar-refractivity contribution in [2.24, 2.45) is 0 Å². The first-order valence-corrected chi connectivity index (χ1v) is 10.1. The van der Waals surface area contributed by atoms with E-state index in [1.165, 1.54) is 32.1 Å². The zero-order valence-electron chi connectivity index (χ0n) is 17.3. The molecule has 1 amide bonds. The van der Waals surface area contributed by atoms with E-state index in [4.69, 9.17) is 10.5 Å². The molecule has 6 heteroatoms. The minimum Gasteiger partial charge on any atom is -0.493 e. The normalized spacial score (nSPS) is 10.5. The maximum Gasteiger partial charge on any atom is 0.234 e. The third kappa shape index (κ3) is 11.1. The lowest BCUT2D eigenvalue weighted by Gasteiger charge is -2.18. The molecule has 0 aliphatic carbocycles. The average molecular weight is 400 g/mol. The van der Waals surface area contributed by atoms with E-state index in [0.717, 1.165) is 30.8 Å². The van der Waals surface area contributed by atoms with Gasteiger partial charge in [0.15, 0.2) is 0 Å². The van der Waals surface area contributed by atoms with Crippen LogP contribution in [0.5, 0.6) is 5.75 Å². The lowest BCUT2D eigenvalue weighted by Crippen LogP contribution is -2.36. The molecule has 1 aromatic rings. The van der Waals surface area contributed by atoms with Crippen molar-refractivity contribution in [2.75, 3.05) is 32.0 Å². The van der Waals surface area contributed by atoms with E-state index < -0.39 is 0 Å². The third-order valence-electron chi connectivity index (χ3n) is 4.58. The molecule has 0 radical (unpaired) electrons. The second kappa shape index (κ2) is 15.6. The topological polar surface area (TPSA) is 67.6 Å². The van der Waals surface area contributed by atoms with Crippen molar-refractivity contribution in [1.29, 1.82) is 0 Å². The highest BCUT2D eigenvalue weighted by Crippen LogP contribution is 2.22. The average Bonchev–Trinajstić information content (AvgIpc) is 2.64. The Bertz CT molecular complexity index is 522. The monoisotopic (exact) mass is 399 g/mol. The van der Waals surface area contributed by atoms with E-state index in [1.807, 2.05) is 18.2 Å². The Kier molecular flexibility index (Phi) is 14.7. The number of carbonyl (C=O) groups excluding carboxylic acids is 1. The summed E-state index contributed by atoms with van der Waals surface area (Å²) >= 11 is 0. The standard InChI is InChI=1S/C21H37N3O2.ClH/c1-4-7-8-9-10-11-14-26-20-13-12-19(22)15-18(20)16-23-21(25)17-24(5-2)6-3;/h12-13,15H,4-11,14,16-17,22H2,1-3H3,(H,23,25);1H. The number of hydrogen-bond donors (Lipinski definition) is 2. The molecule has 0 saturated carbocycles. The van der Waals surface area contributed by atoms with Gasteiger partial charge in [0, 0.05) is 17.8 Å².